The fraction of sp³-hybridized carbons (Fsp3) is 0.400. The Bertz CT molecular complexity index is 732. The highest BCUT2D eigenvalue weighted by Crippen LogP contribution is 2.23. The molecule has 0 fully saturated rings. The fourth-order valence-corrected chi connectivity index (χ4v) is 2.27. The second kappa shape index (κ2) is 8.50. The zero-order valence-corrected chi connectivity index (χ0v) is 15.5. The van der Waals surface area contributed by atoms with Crippen molar-refractivity contribution in [2.45, 2.75) is 25.6 Å². The lowest BCUT2D eigenvalue weighted by Crippen LogP contribution is -2.40. The maximum Gasteiger partial charge on any atom is 0.396 e. The predicted molar refractivity (Wildman–Crippen MR) is 96.7 cm³/mol. The fourth-order valence-electron chi connectivity index (χ4n) is 2.27. The van der Waals surface area contributed by atoms with Gasteiger partial charge in [0.15, 0.2) is 11.8 Å². The van der Waals surface area contributed by atoms with Gasteiger partial charge in [-0.05, 0) is 24.1 Å². The summed E-state index contributed by atoms with van der Waals surface area (Å²) in [7, 11) is 0. The van der Waals surface area contributed by atoms with Crippen LogP contribution in [0.25, 0.3) is 11.5 Å². The van der Waals surface area contributed by atoms with Crippen LogP contribution in [-0.4, -0.2) is 35.4 Å². The molecule has 0 saturated carbocycles. The second-order valence-corrected chi connectivity index (χ2v) is 5.37. The molecule has 2 N–H and O–H groups in total. The molecule has 0 unspecified atom stereocenters. The summed E-state index contributed by atoms with van der Waals surface area (Å²) >= 11 is 0. The van der Waals surface area contributed by atoms with Gasteiger partial charge in [0.05, 0.1) is 0 Å². The molecule has 0 amide bonds. The second-order valence-electron chi connectivity index (χ2n) is 5.37. The van der Waals surface area contributed by atoms with Crippen molar-refractivity contribution in [3.8, 4) is 11.5 Å². The maximum absolute atomic E-state index is 12.3. The first kappa shape index (κ1) is 19.5. The first-order valence-corrected chi connectivity index (χ1v) is 7.50. The summed E-state index contributed by atoms with van der Waals surface area (Å²) < 4.78 is 42.0. The standard InChI is InChI=1S/C15H16F3N5O.HI/c16-15(17,18)8-12-22-13(24-23-12)11-4-1-3-10(7-11)9-21-14-19-5-2-6-20-14;/h1,3-4,7H,2,5-6,8-9H2,(H2,19,20,21);1H. The Kier molecular flexibility index (Phi) is 6.62. The minimum atomic E-state index is -4.36. The van der Waals surface area contributed by atoms with E-state index < -0.39 is 12.6 Å². The molecule has 25 heavy (non-hydrogen) atoms. The number of hydrogen-bond acceptors (Lipinski definition) is 6. The lowest BCUT2D eigenvalue weighted by molar-refractivity contribution is -0.128. The van der Waals surface area contributed by atoms with Gasteiger partial charge >= 0.3 is 6.18 Å². The van der Waals surface area contributed by atoms with Crippen LogP contribution in [0, 0.1) is 0 Å². The third kappa shape index (κ3) is 5.87. The highest BCUT2D eigenvalue weighted by Gasteiger charge is 2.30. The van der Waals surface area contributed by atoms with E-state index in [0.717, 1.165) is 31.0 Å². The van der Waals surface area contributed by atoms with Gasteiger partial charge in [0, 0.05) is 25.2 Å². The van der Waals surface area contributed by atoms with Gasteiger partial charge in [0.25, 0.3) is 5.89 Å². The van der Waals surface area contributed by atoms with Gasteiger partial charge < -0.3 is 15.2 Å². The Labute approximate surface area is 159 Å². The Morgan fingerprint density at radius 1 is 1.28 bits per heavy atom. The van der Waals surface area contributed by atoms with Gasteiger partial charge in [-0.3, -0.25) is 4.99 Å². The van der Waals surface area contributed by atoms with E-state index >= 15 is 0 Å². The minimum absolute atomic E-state index is 0. The molecular weight excluding hydrogens is 450 g/mol. The topological polar surface area (TPSA) is 75.3 Å². The number of guanidine groups is 1. The van der Waals surface area contributed by atoms with Gasteiger partial charge in [0.2, 0.25) is 0 Å². The average Bonchev–Trinajstić information content (AvgIpc) is 3.01. The summed E-state index contributed by atoms with van der Waals surface area (Å²) in [4.78, 5) is 8.11. The van der Waals surface area contributed by atoms with Crippen molar-refractivity contribution in [3.63, 3.8) is 0 Å². The quantitative estimate of drug-likeness (QED) is 0.677. The summed E-state index contributed by atoms with van der Waals surface area (Å²) in [6, 6.07) is 7.19. The monoisotopic (exact) mass is 467 g/mol. The summed E-state index contributed by atoms with van der Waals surface area (Å²) in [5.74, 6) is 0.447. The molecule has 0 bridgehead atoms. The molecule has 1 aromatic carbocycles. The normalized spacial score (nSPS) is 14.3. The van der Waals surface area contributed by atoms with Crippen molar-refractivity contribution in [2.75, 3.05) is 13.1 Å². The Morgan fingerprint density at radius 2 is 2.12 bits per heavy atom. The molecule has 136 valence electrons. The van der Waals surface area contributed by atoms with Crippen molar-refractivity contribution in [3.05, 3.63) is 35.7 Å². The Hall–Kier alpha value is -1.85. The zero-order valence-electron chi connectivity index (χ0n) is 13.1. The van der Waals surface area contributed by atoms with Crippen LogP contribution in [0.1, 0.15) is 17.8 Å². The molecule has 0 radical (unpaired) electrons. The first-order valence-electron chi connectivity index (χ1n) is 7.50. The number of nitrogens with one attached hydrogen (secondary N) is 2. The lowest BCUT2D eigenvalue weighted by atomic mass is 10.1. The van der Waals surface area contributed by atoms with Crippen molar-refractivity contribution in [1.29, 1.82) is 0 Å². The van der Waals surface area contributed by atoms with E-state index in [1.54, 1.807) is 18.2 Å². The van der Waals surface area contributed by atoms with Gasteiger partial charge in [-0.25, -0.2) is 0 Å². The number of halogens is 4. The molecule has 0 aliphatic carbocycles. The number of aliphatic imine (C=N–C) groups is 1. The number of benzene rings is 1. The number of aromatic nitrogens is 2. The van der Waals surface area contributed by atoms with Crippen LogP contribution in [0.15, 0.2) is 33.8 Å². The van der Waals surface area contributed by atoms with Crippen LogP contribution < -0.4 is 10.6 Å². The Balaban J connectivity index is 0.00000225. The van der Waals surface area contributed by atoms with Crippen molar-refractivity contribution in [1.82, 2.24) is 20.8 Å². The van der Waals surface area contributed by atoms with E-state index in [1.807, 2.05) is 6.07 Å². The van der Waals surface area contributed by atoms with Crippen molar-refractivity contribution >= 4 is 29.9 Å². The number of rotatable bonds is 4. The molecule has 1 aromatic heterocycles. The van der Waals surface area contributed by atoms with Gasteiger partial charge in [-0.1, -0.05) is 17.3 Å². The molecule has 1 aliphatic heterocycles. The summed E-state index contributed by atoms with van der Waals surface area (Å²) in [5, 5.41) is 9.70. The third-order valence-electron chi connectivity index (χ3n) is 3.36. The van der Waals surface area contributed by atoms with Crippen LogP contribution in [0.4, 0.5) is 13.2 Å². The molecular formula is C15H17F3IN5O. The molecule has 2 aromatic rings. The molecule has 0 saturated heterocycles. The molecule has 3 rings (SSSR count). The minimum Gasteiger partial charge on any atom is -0.356 e. The third-order valence-corrected chi connectivity index (χ3v) is 3.36. The molecule has 0 spiro atoms. The molecule has 10 heteroatoms. The van der Waals surface area contributed by atoms with Crippen LogP contribution in [0.3, 0.4) is 0 Å². The summed E-state index contributed by atoms with van der Waals surface area (Å²) in [6.45, 7) is 2.21. The highest BCUT2D eigenvalue weighted by molar-refractivity contribution is 14.0. The largest absolute Gasteiger partial charge is 0.396 e. The number of hydrogen-bond donors (Lipinski definition) is 2. The Morgan fingerprint density at radius 3 is 2.84 bits per heavy atom. The van der Waals surface area contributed by atoms with Crippen molar-refractivity contribution < 1.29 is 17.7 Å². The van der Waals surface area contributed by atoms with Crippen molar-refractivity contribution in [2.24, 2.45) is 4.99 Å². The van der Waals surface area contributed by atoms with Crippen LogP contribution in [0.2, 0.25) is 0 Å². The summed E-state index contributed by atoms with van der Waals surface area (Å²) in [5.41, 5.74) is 1.51. The first-order chi connectivity index (χ1) is 11.5. The summed E-state index contributed by atoms with van der Waals surface area (Å²) in [6.07, 6.45) is -4.55. The van der Waals surface area contributed by atoms with Crippen LogP contribution in [0.5, 0.6) is 0 Å². The van der Waals surface area contributed by atoms with E-state index in [4.69, 9.17) is 4.52 Å². The number of nitrogens with zero attached hydrogens (tertiary/aromatic N) is 3. The van der Waals surface area contributed by atoms with E-state index in [1.165, 1.54) is 0 Å². The van der Waals surface area contributed by atoms with E-state index in [9.17, 15) is 13.2 Å². The van der Waals surface area contributed by atoms with E-state index in [0.29, 0.717) is 12.1 Å². The zero-order chi connectivity index (χ0) is 17.0. The SMILES string of the molecule is FC(F)(F)Cc1noc(-c2cccc(CNC3=NCCCN3)c2)n1.I. The average molecular weight is 467 g/mol. The highest BCUT2D eigenvalue weighted by atomic mass is 127. The number of alkyl halides is 3. The van der Waals surface area contributed by atoms with Crippen LogP contribution >= 0.6 is 24.0 Å². The van der Waals surface area contributed by atoms with Crippen LogP contribution in [-0.2, 0) is 13.0 Å². The molecule has 2 heterocycles. The molecule has 0 atom stereocenters. The van der Waals surface area contributed by atoms with Gasteiger partial charge in [-0.2, -0.15) is 18.2 Å². The van der Waals surface area contributed by atoms with Gasteiger partial charge in [-0.15, -0.1) is 24.0 Å². The smallest absolute Gasteiger partial charge is 0.356 e. The van der Waals surface area contributed by atoms with E-state index in [-0.39, 0.29) is 35.7 Å². The maximum atomic E-state index is 12.3. The van der Waals surface area contributed by atoms with Gasteiger partial charge in [0.1, 0.15) is 6.42 Å². The lowest BCUT2D eigenvalue weighted by Gasteiger charge is -2.16. The predicted octanol–water partition coefficient (Wildman–Crippen LogP) is 2.90. The molecule has 6 nitrogen and oxygen atoms in total. The van der Waals surface area contributed by atoms with E-state index in [2.05, 4.69) is 25.8 Å². The molecule has 1 aliphatic rings.